The molecular formula is C13H16N2O2S. The first-order valence-corrected chi connectivity index (χ1v) is 6.61. The molecule has 0 unspecified atom stereocenters. The van der Waals surface area contributed by atoms with E-state index in [0.29, 0.717) is 25.1 Å². The maximum Gasteiger partial charge on any atom is 0.224 e. The second-order valence-corrected chi connectivity index (χ2v) is 4.74. The summed E-state index contributed by atoms with van der Waals surface area (Å²) in [6.45, 7) is 0.522. The number of thiol groups is 1. The first kappa shape index (κ1) is 13.0. The zero-order chi connectivity index (χ0) is 13.0. The number of carbonyl (C=O) groups is 2. The molecule has 1 heterocycles. The Morgan fingerprint density at radius 3 is 3.00 bits per heavy atom. The minimum Gasteiger partial charge on any atom is -0.352 e. The number of hydrogen-bond donors (Lipinski definition) is 3. The van der Waals surface area contributed by atoms with Gasteiger partial charge in [-0.05, 0) is 29.4 Å². The van der Waals surface area contributed by atoms with Gasteiger partial charge in [0.15, 0.2) is 0 Å². The standard InChI is InChI=1S/C13H16N2O2S/c16-12(5-6-18)14-8-9-1-3-11-10(7-9)2-4-13(17)15-11/h1,3,7,18H,2,4-6,8H2,(H,14,16)(H,15,17). The monoisotopic (exact) mass is 264 g/mol. The topological polar surface area (TPSA) is 58.2 Å². The zero-order valence-corrected chi connectivity index (χ0v) is 10.9. The Labute approximate surface area is 112 Å². The van der Waals surface area contributed by atoms with E-state index in [9.17, 15) is 9.59 Å². The van der Waals surface area contributed by atoms with Gasteiger partial charge in [0, 0.05) is 25.1 Å². The van der Waals surface area contributed by atoms with Crippen molar-refractivity contribution in [2.45, 2.75) is 25.8 Å². The van der Waals surface area contributed by atoms with Crippen LogP contribution >= 0.6 is 12.6 Å². The molecule has 1 aliphatic heterocycles. The van der Waals surface area contributed by atoms with Gasteiger partial charge >= 0.3 is 0 Å². The highest BCUT2D eigenvalue weighted by Gasteiger charge is 2.14. The molecule has 96 valence electrons. The summed E-state index contributed by atoms with van der Waals surface area (Å²) in [6.07, 6.45) is 1.73. The van der Waals surface area contributed by atoms with Crippen molar-refractivity contribution in [3.8, 4) is 0 Å². The van der Waals surface area contributed by atoms with Crippen molar-refractivity contribution in [1.29, 1.82) is 0 Å². The highest BCUT2D eigenvalue weighted by atomic mass is 32.1. The number of anilines is 1. The lowest BCUT2D eigenvalue weighted by atomic mass is 10.0. The normalized spacial score (nSPS) is 13.7. The quantitative estimate of drug-likeness (QED) is 0.722. The lowest BCUT2D eigenvalue weighted by Gasteiger charge is -2.17. The Balaban J connectivity index is 1.99. The average Bonchev–Trinajstić information content (AvgIpc) is 2.36. The van der Waals surface area contributed by atoms with Crippen LogP contribution in [0.5, 0.6) is 0 Å². The van der Waals surface area contributed by atoms with Gasteiger partial charge in [0.1, 0.15) is 0 Å². The van der Waals surface area contributed by atoms with Gasteiger partial charge < -0.3 is 10.6 Å². The zero-order valence-electron chi connectivity index (χ0n) is 10.0. The van der Waals surface area contributed by atoms with Crippen LogP contribution in [0.2, 0.25) is 0 Å². The lowest BCUT2D eigenvalue weighted by Crippen LogP contribution is -2.23. The number of carbonyl (C=O) groups excluding carboxylic acids is 2. The Morgan fingerprint density at radius 2 is 2.22 bits per heavy atom. The van der Waals surface area contributed by atoms with Gasteiger partial charge in [-0.1, -0.05) is 12.1 Å². The van der Waals surface area contributed by atoms with Gasteiger partial charge in [-0.15, -0.1) is 0 Å². The molecule has 0 bridgehead atoms. The minimum absolute atomic E-state index is 0.0102. The van der Waals surface area contributed by atoms with Crippen LogP contribution in [-0.4, -0.2) is 17.6 Å². The van der Waals surface area contributed by atoms with E-state index in [1.807, 2.05) is 18.2 Å². The Bertz CT molecular complexity index is 474. The molecule has 2 rings (SSSR count). The summed E-state index contributed by atoms with van der Waals surface area (Å²) < 4.78 is 0. The Morgan fingerprint density at radius 1 is 1.39 bits per heavy atom. The third-order valence-electron chi connectivity index (χ3n) is 2.89. The SMILES string of the molecule is O=C(CCS)NCc1ccc2c(c1)CCC(=O)N2. The van der Waals surface area contributed by atoms with Crippen molar-refractivity contribution in [2.75, 3.05) is 11.1 Å². The number of rotatable bonds is 4. The van der Waals surface area contributed by atoms with E-state index < -0.39 is 0 Å². The Kier molecular flexibility index (Phi) is 4.25. The van der Waals surface area contributed by atoms with Crippen molar-refractivity contribution in [1.82, 2.24) is 5.32 Å². The van der Waals surface area contributed by atoms with Crippen molar-refractivity contribution in [3.63, 3.8) is 0 Å². The van der Waals surface area contributed by atoms with Crippen LogP contribution in [-0.2, 0) is 22.6 Å². The van der Waals surface area contributed by atoms with Crippen molar-refractivity contribution < 1.29 is 9.59 Å². The minimum atomic E-state index is 0.0102. The van der Waals surface area contributed by atoms with E-state index in [-0.39, 0.29) is 11.8 Å². The molecule has 0 aliphatic carbocycles. The molecule has 2 N–H and O–H groups in total. The molecule has 5 heteroatoms. The van der Waals surface area contributed by atoms with Gasteiger partial charge in [0.25, 0.3) is 0 Å². The molecule has 18 heavy (non-hydrogen) atoms. The molecule has 1 aromatic carbocycles. The summed E-state index contributed by atoms with van der Waals surface area (Å²) in [5.74, 6) is 0.635. The van der Waals surface area contributed by atoms with Crippen LogP contribution in [0, 0.1) is 0 Å². The molecule has 0 aromatic heterocycles. The van der Waals surface area contributed by atoms with Crippen LogP contribution < -0.4 is 10.6 Å². The Hall–Kier alpha value is -1.49. The maximum atomic E-state index is 11.3. The summed E-state index contributed by atoms with van der Waals surface area (Å²) in [6, 6.07) is 5.85. The molecule has 0 spiro atoms. The largest absolute Gasteiger partial charge is 0.352 e. The van der Waals surface area contributed by atoms with Crippen molar-refractivity contribution in [2.24, 2.45) is 0 Å². The third kappa shape index (κ3) is 3.26. The van der Waals surface area contributed by atoms with Gasteiger partial charge in [-0.3, -0.25) is 9.59 Å². The summed E-state index contributed by atoms with van der Waals surface area (Å²) in [4.78, 5) is 22.6. The van der Waals surface area contributed by atoms with Crippen molar-refractivity contribution >= 4 is 30.1 Å². The predicted molar refractivity (Wildman–Crippen MR) is 73.7 cm³/mol. The lowest BCUT2D eigenvalue weighted by molar-refractivity contribution is -0.120. The summed E-state index contributed by atoms with van der Waals surface area (Å²) in [5.41, 5.74) is 3.07. The summed E-state index contributed by atoms with van der Waals surface area (Å²) >= 11 is 4.01. The van der Waals surface area contributed by atoms with E-state index >= 15 is 0 Å². The van der Waals surface area contributed by atoms with Crippen LogP contribution in [0.4, 0.5) is 5.69 Å². The van der Waals surface area contributed by atoms with Crippen LogP contribution in [0.1, 0.15) is 24.0 Å². The first-order valence-electron chi connectivity index (χ1n) is 5.98. The van der Waals surface area contributed by atoms with E-state index in [2.05, 4.69) is 23.3 Å². The van der Waals surface area contributed by atoms with Gasteiger partial charge in [0.2, 0.25) is 11.8 Å². The molecule has 1 aliphatic rings. The van der Waals surface area contributed by atoms with Gasteiger partial charge in [-0.2, -0.15) is 12.6 Å². The van der Waals surface area contributed by atoms with E-state index in [0.717, 1.165) is 23.2 Å². The maximum absolute atomic E-state index is 11.3. The highest BCUT2D eigenvalue weighted by molar-refractivity contribution is 7.80. The van der Waals surface area contributed by atoms with E-state index in [1.54, 1.807) is 0 Å². The molecular weight excluding hydrogens is 248 g/mol. The van der Waals surface area contributed by atoms with Crippen LogP contribution in [0.25, 0.3) is 0 Å². The number of fused-ring (bicyclic) bond motifs is 1. The number of aryl methyl sites for hydroxylation is 1. The highest BCUT2D eigenvalue weighted by Crippen LogP contribution is 2.23. The molecule has 2 amide bonds. The third-order valence-corrected chi connectivity index (χ3v) is 3.12. The molecule has 4 nitrogen and oxygen atoms in total. The number of hydrogen-bond acceptors (Lipinski definition) is 3. The number of nitrogens with one attached hydrogen (secondary N) is 2. The fraction of sp³-hybridized carbons (Fsp3) is 0.385. The smallest absolute Gasteiger partial charge is 0.224 e. The van der Waals surface area contributed by atoms with E-state index in [1.165, 1.54) is 0 Å². The first-order chi connectivity index (χ1) is 8.69. The van der Waals surface area contributed by atoms with Crippen molar-refractivity contribution in [3.05, 3.63) is 29.3 Å². The fourth-order valence-corrected chi connectivity index (χ4v) is 2.14. The van der Waals surface area contributed by atoms with Crippen LogP contribution in [0.3, 0.4) is 0 Å². The predicted octanol–water partition coefficient (Wildman–Crippen LogP) is 1.51. The second kappa shape index (κ2) is 5.91. The summed E-state index contributed by atoms with van der Waals surface area (Å²) in [7, 11) is 0. The van der Waals surface area contributed by atoms with Gasteiger partial charge in [-0.25, -0.2) is 0 Å². The molecule has 0 saturated heterocycles. The molecule has 1 aromatic rings. The average molecular weight is 264 g/mol. The number of benzene rings is 1. The molecule has 0 radical (unpaired) electrons. The van der Waals surface area contributed by atoms with Gasteiger partial charge in [0.05, 0.1) is 0 Å². The molecule has 0 saturated carbocycles. The molecule has 0 fully saturated rings. The van der Waals surface area contributed by atoms with Crippen LogP contribution in [0.15, 0.2) is 18.2 Å². The van der Waals surface area contributed by atoms with E-state index in [4.69, 9.17) is 0 Å². The number of amides is 2. The molecule has 0 atom stereocenters. The summed E-state index contributed by atoms with van der Waals surface area (Å²) in [5, 5.41) is 5.68. The fourth-order valence-electron chi connectivity index (χ4n) is 1.94. The second-order valence-electron chi connectivity index (χ2n) is 4.29.